The van der Waals surface area contributed by atoms with Crippen molar-refractivity contribution in [2.45, 2.75) is 39.4 Å². The van der Waals surface area contributed by atoms with Gasteiger partial charge in [0.2, 0.25) is 0 Å². The Morgan fingerprint density at radius 1 is 1.69 bits per heavy atom. The molecule has 1 aromatic heterocycles. The van der Waals surface area contributed by atoms with Crippen molar-refractivity contribution in [1.29, 1.82) is 0 Å². The number of nitrogen functional groups attached to an aromatic ring is 1. The van der Waals surface area contributed by atoms with Crippen LogP contribution in [0.3, 0.4) is 0 Å². The summed E-state index contributed by atoms with van der Waals surface area (Å²) in [4.78, 5) is 4.11. The second-order valence-electron chi connectivity index (χ2n) is 3.09. The topological polar surface area (TPSA) is 48.1 Å². The number of rotatable bonds is 5. The van der Waals surface area contributed by atoms with E-state index in [0.717, 1.165) is 18.5 Å². The van der Waals surface area contributed by atoms with E-state index < -0.39 is 0 Å². The lowest BCUT2D eigenvalue weighted by molar-refractivity contribution is 0.0456. The van der Waals surface area contributed by atoms with Crippen LogP contribution < -0.4 is 5.73 Å². The highest BCUT2D eigenvalue weighted by Gasteiger charge is 2.03. The van der Waals surface area contributed by atoms with Crippen molar-refractivity contribution in [1.82, 2.24) is 4.98 Å². The van der Waals surface area contributed by atoms with Crippen LogP contribution in [-0.2, 0) is 11.3 Å². The lowest BCUT2D eigenvalue weighted by Crippen LogP contribution is -2.07. The van der Waals surface area contributed by atoms with Crippen LogP contribution >= 0.6 is 11.3 Å². The van der Waals surface area contributed by atoms with E-state index in [1.54, 1.807) is 0 Å². The van der Waals surface area contributed by atoms with Crippen molar-refractivity contribution in [3.8, 4) is 0 Å². The van der Waals surface area contributed by atoms with Gasteiger partial charge in [0.25, 0.3) is 0 Å². The molecule has 0 aromatic carbocycles. The highest BCUT2D eigenvalue weighted by Crippen LogP contribution is 2.13. The van der Waals surface area contributed by atoms with Gasteiger partial charge < -0.3 is 10.5 Å². The Bertz CT molecular complexity index is 250. The normalized spacial score (nSPS) is 13.1. The minimum atomic E-state index is 0.313. The van der Waals surface area contributed by atoms with E-state index >= 15 is 0 Å². The first-order chi connectivity index (χ1) is 6.22. The second kappa shape index (κ2) is 5.19. The fourth-order valence-electron chi connectivity index (χ4n) is 1.11. The zero-order valence-corrected chi connectivity index (χ0v) is 8.93. The quantitative estimate of drug-likeness (QED) is 0.794. The average Bonchev–Trinajstić information content (AvgIpc) is 2.49. The van der Waals surface area contributed by atoms with Gasteiger partial charge in [-0.1, -0.05) is 13.3 Å². The molecule has 0 bridgehead atoms. The van der Waals surface area contributed by atoms with Gasteiger partial charge in [-0.05, 0) is 13.3 Å². The molecule has 1 unspecified atom stereocenters. The van der Waals surface area contributed by atoms with Gasteiger partial charge in [-0.2, -0.15) is 0 Å². The number of nitrogens with zero attached hydrogens (tertiary/aromatic N) is 1. The van der Waals surface area contributed by atoms with E-state index in [-0.39, 0.29) is 0 Å². The molecule has 0 aliphatic heterocycles. The Morgan fingerprint density at radius 2 is 2.46 bits per heavy atom. The van der Waals surface area contributed by atoms with E-state index in [1.165, 1.54) is 11.3 Å². The van der Waals surface area contributed by atoms with E-state index in [4.69, 9.17) is 10.5 Å². The van der Waals surface area contributed by atoms with Crippen LogP contribution in [0.25, 0.3) is 0 Å². The smallest absolute Gasteiger partial charge is 0.180 e. The van der Waals surface area contributed by atoms with Gasteiger partial charge in [-0.25, -0.2) is 4.98 Å². The van der Waals surface area contributed by atoms with Gasteiger partial charge in [-0.3, -0.25) is 0 Å². The number of thiazole rings is 1. The van der Waals surface area contributed by atoms with Crippen LogP contribution in [0, 0.1) is 0 Å². The number of hydrogen-bond acceptors (Lipinski definition) is 4. The van der Waals surface area contributed by atoms with Crippen LogP contribution in [0.4, 0.5) is 5.13 Å². The molecule has 0 fully saturated rings. The minimum absolute atomic E-state index is 0.313. The van der Waals surface area contributed by atoms with Crippen molar-refractivity contribution in [2.24, 2.45) is 0 Å². The number of nitrogens with two attached hydrogens (primary N) is 1. The Balaban J connectivity index is 2.26. The molecule has 0 saturated carbocycles. The maximum Gasteiger partial charge on any atom is 0.180 e. The maximum atomic E-state index is 5.57. The molecular formula is C9H16N2OS. The van der Waals surface area contributed by atoms with Gasteiger partial charge >= 0.3 is 0 Å². The first-order valence-electron chi connectivity index (χ1n) is 4.54. The molecule has 13 heavy (non-hydrogen) atoms. The second-order valence-corrected chi connectivity index (χ2v) is 3.98. The minimum Gasteiger partial charge on any atom is -0.375 e. The first kappa shape index (κ1) is 10.5. The summed E-state index contributed by atoms with van der Waals surface area (Å²) in [5, 5.41) is 2.55. The molecule has 0 aliphatic carbocycles. The molecule has 1 heterocycles. The zero-order valence-electron chi connectivity index (χ0n) is 8.12. The van der Waals surface area contributed by atoms with Gasteiger partial charge in [0.1, 0.15) is 0 Å². The monoisotopic (exact) mass is 200 g/mol. The van der Waals surface area contributed by atoms with Crippen molar-refractivity contribution in [3.63, 3.8) is 0 Å². The molecule has 1 atom stereocenters. The fraction of sp³-hybridized carbons (Fsp3) is 0.667. The van der Waals surface area contributed by atoms with E-state index in [2.05, 4.69) is 18.8 Å². The van der Waals surface area contributed by atoms with Crippen molar-refractivity contribution in [3.05, 3.63) is 11.1 Å². The molecule has 2 N–H and O–H groups in total. The van der Waals surface area contributed by atoms with E-state index in [0.29, 0.717) is 17.8 Å². The summed E-state index contributed by atoms with van der Waals surface area (Å²) in [5.74, 6) is 0. The molecule has 0 amide bonds. The summed E-state index contributed by atoms with van der Waals surface area (Å²) in [5.41, 5.74) is 6.43. The number of ether oxygens (including phenoxy) is 1. The number of hydrogen-bond donors (Lipinski definition) is 1. The SMILES string of the molecule is CCCC(C)OCc1csc(N)n1. The van der Waals surface area contributed by atoms with Crippen LogP contribution in [0.2, 0.25) is 0 Å². The van der Waals surface area contributed by atoms with Crippen LogP contribution in [0.5, 0.6) is 0 Å². The Morgan fingerprint density at radius 3 is 3.00 bits per heavy atom. The summed E-state index contributed by atoms with van der Waals surface area (Å²) < 4.78 is 5.57. The molecule has 74 valence electrons. The van der Waals surface area contributed by atoms with Crippen molar-refractivity contribution >= 4 is 16.5 Å². The molecule has 3 nitrogen and oxygen atoms in total. The molecule has 1 rings (SSSR count). The third kappa shape index (κ3) is 3.74. The summed E-state index contributed by atoms with van der Waals surface area (Å²) in [7, 11) is 0. The largest absolute Gasteiger partial charge is 0.375 e. The predicted molar refractivity (Wildman–Crippen MR) is 55.7 cm³/mol. The van der Waals surface area contributed by atoms with Crippen LogP contribution in [0.15, 0.2) is 5.38 Å². The summed E-state index contributed by atoms with van der Waals surface area (Å²) >= 11 is 1.46. The van der Waals surface area contributed by atoms with Gasteiger partial charge in [0.05, 0.1) is 18.4 Å². The fourth-order valence-corrected chi connectivity index (χ4v) is 1.65. The highest BCUT2D eigenvalue weighted by molar-refractivity contribution is 7.13. The van der Waals surface area contributed by atoms with Gasteiger partial charge in [-0.15, -0.1) is 11.3 Å². The summed E-state index contributed by atoms with van der Waals surface area (Å²) in [6.45, 7) is 4.81. The molecule has 0 spiro atoms. The average molecular weight is 200 g/mol. The Kier molecular flexibility index (Phi) is 4.18. The van der Waals surface area contributed by atoms with Crippen molar-refractivity contribution < 1.29 is 4.74 Å². The van der Waals surface area contributed by atoms with Crippen molar-refractivity contribution in [2.75, 3.05) is 5.73 Å². The van der Waals surface area contributed by atoms with Gasteiger partial charge in [0, 0.05) is 5.38 Å². The number of anilines is 1. The lowest BCUT2D eigenvalue weighted by Gasteiger charge is -2.09. The summed E-state index contributed by atoms with van der Waals surface area (Å²) in [6, 6.07) is 0. The number of aromatic nitrogens is 1. The summed E-state index contributed by atoms with van der Waals surface area (Å²) in [6.07, 6.45) is 2.56. The van der Waals surface area contributed by atoms with E-state index in [9.17, 15) is 0 Å². The molecule has 4 heteroatoms. The molecular weight excluding hydrogens is 184 g/mol. The molecule has 1 aromatic rings. The highest BCUT2D eigenvalue weighted by atomic mass is 32.1. The lowest BCUT2D eigenvalue weighted by atomic mass is 10.2. The standard InChI is InChI=1S/C9H16N2OS/c1-3-4-7(2)12-5-8-6-13-9(10)11-8/h6-7H,3-5H2,1-2H3,(H2,10,11). The predicted octanol–water partition coefficient (Wildman–Crippen LogP) is 2.43. The Hall–Kier alpha value is -0.610. The molecule has 0 saturated heterocycles. The third-order valence-corrected chi connectivity index (χ3v) is 2.50. The Labute approximate surface area is 82.9 Å². The molecule has 0 aliphatic rings. The van der Waals surface area contributed by atoms with Gasteiger partial charge in [0.15, 0.2) is 5.13 Å². The maximum absolute atomic E-state index is 5.57. The van der Waals surface area contributed by atoms with Crippen LogP contribution in [-0.4, -0.2) is 11.1 Å². The molecule has 0 radical (unpaired) electrons. The van der Waals surface area contributed by atoms with E-state index in [1.807, 2.05) is 5.38 Å². The van der Waals surface area contributed by atoms with Crippen LogP contribution in [0.1, 0.15) is 32.4 Å². The zero-order chi connectivity index (χ0) is 9.68. The third-order valence-electron chi connectivity index (χ3n) is 1.78. The first-order valence-corrected chi connectivity index (χ1v) is 5.41.